The maximum atomic E-state index is 3.64. The standard InChI is InChI=1S/C14H31N3/c1-7-13(2,3)15-8-9-17-11-10-16(6)14(4,5)12-17/h15H,7-12H2,1-6H3. The summed E-state index contributed by atoms with van der Waals surface area (Å²) in [6.45, 7) is 17.3. The monoisotopic (exact) mass is 241 g/mol. The lowest BCUT2D eigenvalue weighted by molar-refractivity contribution is 0.0398. The van der Waals surface area contributed by atoms with E-state index >= 15 is 0 Å². The van der Waals surface area contributed by atoms with Crippen molar-refractivity contribution in [2.45, 2.75) is 52.1 Å². The van der Waals surface area contributed by atoms with E-state index in [0.29, 0.717) is 5.54 Å². The van der Waals surface area contributed by atoms with Gasteiger partial charge in [-0.1, -0.05) is 6.92 Å². The largest absolute Gasteiger partial charge is 0.311 e. The van der Waals surface area contributed by atoms with Gasteiger partial charge in [0.15, 0.2) is 0 Å². The maximum absolute atomic E-state index is 3.64. The second kappa shape index (κ2) is 5.68. The Hall–Kier alpha value is -0.120. The third-order valence-corrected chi connectivity index (χ3v) is 4.31. The molecule has 1 aliphatic rings. The van der Waals surface area contributed by atoms with Gasteiger partial charge in [0, 0.05) is 43.8 Å². The molecule has 0 bridgehead atoms. The second-order valence-electron chi connectivity index (χ2n) is 6.67. The number of likely N-dealkylation sites (N-methyl/N-ethyl adjacent to an activating group) is 1. The highest BCUT2D eigenvalue weighted by atomic mass is 15.3. The molecule has 0 aromatic heterocycles. The molecule has 0 radical (unpaired) electrons. The first kappa shape index (κ1) is 14.9. The maximum Gasteiger partial charge on any atom is 0.0277 e. The lowest BCUT2D eigenvalue weighted by Crippen LogP contribution is -2.58. The molecule has 1 N–H and O–H groups in total. The molecule has 0 amide bonds. The SMILES string of the molecule is CCC(C)(C)NCCN1CCN(C)C(C)(C)C1. The van der Waals surface area contributed by atoms with Gasteiger partial charge in [-0.25, -0.2) is 0 Å². The summed E-state index contributed by atoms with van der Waals surface area (Å²) in [6.07, 6.45) is 1.18. The van der Waals surface area contributed by atoms with Crippen LogP contribution in [-0.2, 0) is 0 Å². The molecule has 1 rings (SSSR count). The predicted octanol–water partition coefficient (Wildman–Crippen LogP) is 1.79. The molecule has 102 valence electrons. The van der Waals surface area contributed by atoms with Crippen molar-refractivity contribution in [2.75, 3.05) is 39.8 Å². The van der Waals surface area contributed by atoms with Crippen LogP contribution in [0.5, 0.6) is 0 Å². The van der Waals surface area contributed by atoms with Crippen LogP contribution in [0.3, 0.4) is 0 Å². The van der Waals surface area contributed by atoms with Gasteiger partial charge in [-0.2, -0.15) is 0 Å². The van der Waals surface area contributed by atoms with Gasteiger partial charge in [0.1, 0.15) is 0 Å². The average Bonchev–Trinajstić information content (AvgIpc) is 2.23. The third-order valence-electron chi connectivity index (χ3n) is 4.31. The number of hydrogen-bond acceptors (Lipinski definition) is 3. The molecular formula is C14H31N3. The van der Waals surface area contributed by atoms with Crippen LogP contribution in [0.15, 0.2) is 0 Å². The van der Waals surface area contributed by atoms with Crippen molar-refractivity contribution in [2.24, 2.45) is 0 Å². The van der Waals surface area contributed by atoms with Gasteiger partial charge >= 0.3 is 0 Å². The van der Waals surface area contributed by atoms with E-state index in [1.165, 1.54) is 32.6 Å². The minimum atomic E-state index is 0.280. The van der Waals surface area contributed by atoms with Crippen molar-refractivity contribution in [1.82, 2.24) is 15.1 Å². The summed E-state index contributed by atoms with van der Waals surface area (Å²) in [5.74, 6) is 0. The van der Waals surface area contributed by atoms with E-state index in [1.54, 1.807) is 0 Å². The van der Waals surface area contributed by atoms with E-state index in [9.17, 15) is 0 Å². The van der Waals surface area contributed by atoms with Gasteiger partial charge in [0.25, 0.3) is 0 Å². The number of nitrogens with zero attached hydrogens (tertiary/aromatic N) is 2. The van der Waals surface area contributed by atoms with Crippen LogP contribution in [0.4, 0.5) is 0 Å². The van der Waals surface area contributed by atoms with Crippen LogP contribution in [0, 0.1) is 0 Å². The molecule has 17 heavy (non-hydrogen) atoms. The summed E-state index contributed by atoms with van der Waals surface area (Å²) in [7, 11) is 2.23. The quantitative estimate of drug-likeness (QED) is 0.792. The molecule has 3 nitrogen and oxygen atoms in total. The van der Waals surface area contributed by atoms with E-state index in [1.807, 2.05) is 0 Å². The van der Waals surface area contributed by atoms with Gasteiger partial charge < -0.3 is 5.32 Å². The molecule has 3 heteroatoms. The fourth-order valence-corrected chi connectivity index (χ4v) is 2.21. The molecule has 0 spiro atoms. The van der Waals surface area contributed by atoms with Crippen molar-refractivity contribution in [3.05, 3.63) is 0 Å². The van der Waals surface area contributed by atoms with Crippen molar-refractivity contribution >= 4 is 0 Å². The summed E-state index contributed by atoms with van der Waals surface area (Å²) < 4.78 is 0. The van der Waals surface area contributed by atoms with Crippen molar-refractivity contribution < 1.29 is 0 Å². The third kappa shape index (κ3) is 4.57. The number of rotatable bonds is 5. The van der Waals surface area contributed by atoms with Crippen LogP contribution in [0.25, 0.3) is 0 Å². The zero-order valence-electron chi connectivity index (χ0n) is 12.6. The highest BCUT2D eigenvalue weighted by molar-refractivity contribution is 4.88. The zero-order valence-corrected chi connectivity index (χ0v) is 12.6. The van der Waals surface area contributed by atoms with Gasteiger partial charge in [-0.05, 0) is 41.2 Å². The van der Waals surface area contributed by atoms with Crippen molar-refractivity contribution in [1.29, 1.82) is 0 Å². The predicted molar refractivity (Wildman–Crippen MR) is 75.5 cm³/mol. The molecule has 0 atom stereocenters. The van der Waals surface area contributed by atoms with Crippen LogP contribution in [0.1, 0.15) is 41.0 Å². The van der Waals surface area contributed by atoms with Crippen LogP contribution >= 0.6 is 0 Å². The highest BCUT2D eigenvalue weighted by Gasteiger charge is 2.30. The molecule has 0 aromatic carbocycles. The van der Waals surface area contributed by atoms with Gasteiger partial charge in [0.2, 0.25) is 0 Å². The topological polar surface area (TPSA) is 18.5 Å². The Labute approximate surface area is 108 Å². The minimum Gasteiger partial charge on any atom is -0.311 e. The summed E-state index contributed by atoms with van der Waals surface area (Å²) in [4.78, 5) is 5.05. The van der Waals surface area contributed by atoms with Crippen molar-refractivity contribution in [3.8, 4) is 0 Å². The van der Waals surface area contributed by atoms with Crippen LogP contribution in [0.2, 0.25) is 0 Å². The Balaban J connectivity index is 2.30. The Morgan fingerprint density at radius 1 is 1.24 bits per heavy atom. The first-order chi connectivity index (χ1) is 7.77. The molecular weight excluding hydrogens is 210 g/mol. The zero-order chi connectivity index (χ0) is 13.1. The summed E-state index contributed by atoms with van der Waals surface area (Å²) >= 11 is 0. The lowest BCUT2D eigenvalue weighted by Gasteiger charge is -2.45. The van der Waals surface area contributed by atoms with Crippen LogP contribution in [-0.4, -0.2) is 60.6 Å². The molecule has 1 heterocycles. The summed E-state index contributed by atoms with van der Waals surface area (Å²) in [5.41, 5.74) is 0.598. The van der Waals surface area contributed by atoms with E-state index in [0.717, 1.165) is 6.54 Å². The molecule has 1 fully saturated rings. The van der Waals surface area contributed by atoms with E-state index in [-0.39, 0.29) is 5.54 Å². The number of piperazine rings is 1. The molecule has 0 aromatic rings. The molecule has 1 saturated heterocycles. The van der Waals surface area contributed by atoms with Gasteiger partial charge in [-0.15, -0.1) is 0 Å². The van der Waals surface area contributed by atoms with E-state index in [4.69, 9.17) is 0 Å². The van der Waals surface area contributed by atoms with Crippen molar-refractivity contribution in [3.63, 3.8) is 0 Å². The average molecular weight is 241 g/mol. The normalized spacial score (nSPS) is 22.9. The Bertz CT molecular complexity index is 236. The number of nitrogens with one attached hydrogen (secondary N) is 1. The minimum absolute atomic E-state index is 0.280. The Morgan fingerprint density at radius 3 is 2.41 bits per heavy atom. The van der Waals surface area contributed by atoms with Gasteiger partial charge in [-0.3, -0.25) is 9.80 Å². The van der Waals surface area contributed by atoms with Gasteiger partial charge in [0.05, 0.1) is 0 Å². The Morgan fingerprint density at radius 2 is 1.88 bits per heavy atom. The fourth-order valence-electron chi connectivity index (χ4n) is 2.21. The summed E-state index contributed by atoms with van der Waals surface area (Å²) in [5, 5.41) is 3.64. The molecule has 0 aliphatic carbocycles. The molecule has 0 unspecified atom stereocenters. The van der Waals surface area contributed by atoms with Crippen LogP contribution < -0.4 is 5.32 Å². The highest BCUT2D eigenvalue weighted by Crippen LogP contribution is 2.18. The molecule has 0 saturated carbocycles. The smallest absolute Gasteiger partial charge is 0.0277 e. The summed E-state index contributed by atoms with van der Waals surface area (Å²) in [6, 6.07) is 0. The second-order valence-corrected chi connectivity index (χ2v) is 6.67. The Kier molecular flexibility index (Phi) is 4.99. The number of hydrogen-bond donors (Lipinski definition) is 1. The first-order valence-corrected chi connectivity index (χ1v) is 6.95. The first-order valence-electron chi connectivity index (χ1n) is 6.95. The molecule has 1 aliphatic heterocycles. The lowest BCUT2D eigenvalue weighted by atomic mass is 9.99. The fraction of sp³-hybridized carbons (Fsp3) is 1.00. The van der Waals surface area contributed by atoms with E-state index < -0.39 is 0 Å². The van der Waals surface area contributed by atoms with E-state index in [2.05, 4.69) is 56.8 Å².